The highest BCUT2D eigenvalue weighted by atomic mass is 16.8. The number of aromatic nitrogens is 6. The molecule has 7 rings (SSSR count). The first-order chi connectivity index (χ1) is 24.2. The monoisotopic (exact) mass is 684 g/mol. The Balaban J connectivity index is 1.09. The summed E-state index contributed by atoms with van der Waals surface area (Å²) < 4.78 is 41.2. The molecule has 260 valence electrons. The number of nitrogens with one attached hydrogen (secondary N) is 1. The van der Waals surface area contributed by atoms with Crippen molar-refractivity contribution in [2.45, 2.75) is 57.5 Å². The standard InChI is InChI=1S/C35H36N6O9/c1-5-45-33-36-25-12-8-11-24(32(42)49-35(2,3)50-34(43)48-27-19-47-29-26(44-4)18-46-30(27)29)28(25)41(33)17-20-13-15-21(16-14-20)22-9-6-7-10-23(22)31-37-39-40-38-31/h6-16,26-27,29-30H,5,17-19H2,1-4H3,(H,37,38,39,40)/t26-,27-,29+,30+/m0/s1. The van der Waals surface area contributed by atoms with E-state index in [1.165, 1.54) is 13.8 Å². The smallest absolute Gasteiger partial charge is 0.465 e. The van der Waals surface area contributed by atoms with Crippen LogP contribution in [0.25, 0.3) is 33.5 Å². The van der Waals surface area contributed by atoms with Crippen molar-refractivity contribution >= 4 is 23.2 Å². The van der Waals surface area contributed by atoms with Gasteiger partial charge in [0.2, 0.25) is 5.82 Å². The van der Waals surface area contributed by atoms with Gasteiger partial charge in [0.25, 0.3) is 11.8 Å². The number of esters is 1. The first kappa shape index (κ1) is 33.1. The summed E-state index contributed by atoms with van der Waals surface area (Å²) >= 11 is 0. The van der Waals surface area contributed by atoms with E-state index in [0.717, 1.165) is 22.3 Å². The number of ether oxygens (including phenoxy) is 7. The molecule has 4 atom stereocenters. The van der Waals surface area contributed by atoms with Crippen LogP contribution in [-0.4, -0.2) is 99.4 Å². The molecule has 0 aliphatic carbocycles. The average molecular weight is 685 g/mol. The van der Waals surface area contributed by atoms with Crippen molar-refractivity contribution in [3.8, 4) is 28.5 Å². The molecule has 2 saturated heterocycles. The van der Waals surface area contributed by atoms with E-state index in [1.54, 1.807) is 25.3 Å². The predicted octanol–water partition coefficient (Wildman–Crippen LogP) is 4.56. The van der Waals surface area contributed by atoms with Crippen LogP contribution in [0.2, 0.25) is 0 Å². The van der Waals surface area contributed by atoms with Crippen LogP contribution in [-0.2, 0) is 35.0 Å². The number of hydrogen-bond donors (Lipinski definition) is 1. The minimum atomic E-state index is -1.68. The largest absolute Gasteiger partial charge is 0.512 e. The van der Waals surface area contributed by atoms with Gasteiger partial charge in [-0.2, -0.15) is 10.2 Å². The van der Waals surface area contributed by atoms with Gasteiger partial charge in [0.1, 0.15) is 18.3 Å². The highest BCUT2D eigenvalue weighted by molar-refractivity contribution is 6.02. The molecule has 5 aromatic rings. The normalized spacial score (nSPS) is 20.1. The van der Waals surface area contributed by atoms with Gasteiger partial charge in [0.05, 0.1) is 43.0 Å². The van der Waals surface area contributed by atoms with Gasteiger partial charge in [-0.25, -0.2) is 9.59 Å². The summed E-state index contributed by atoms with van der Waals surface area (Å²) in [6.07, 6.45) is -2.76. The lowest BCUT2D eigenvalue weighted by molar-refractivity contribution is -0.162. The SMILES string of the molecule is CCOc1nc2cccc(C(=O)OC(C)(C)OC(=O)O[C@H]3CO[C@H]4[C@@H]3OC[C@@H]4OC)c2n1Cc1ccc(-c2ccccc2-c2nn[nH]n2)cc1. The second kappa shape index (κ2) is 13.9. The third kappa shape index (κ3) is 6.62. The highest BCUT2D eigenvalue weighted by Crippen LogP contribution is 2.33. The molecule has 0 unspecified atom stereocenters. The molecule has 2 fully saturated rings. The van der Waals surface area contributed by atoms with E-state index < -0.39 is 30.1 Å². The molecular formula is C35H36N6O9. The highest BCUT2D eigenvalue weighted by Gasteiger charge is 2.50. The summed E-state index contributed by atoms with van der Waals surface area (Å²) in [5.74, 6) is -1.90. The number of H-pyrrole nitrogens is 1. The number of methoxy groups -OCH3 is 1. The number of rotatable bonds is 11. The predicted molar refractivity (Wildman–Crippen MR) is 176 cm³/mol. The number of tetrazole rings is 1. The van der Waals surface area contributed by atoms with Crippen molar-refractivity contribution in [3.05, 3.63) is 77.9 Å². The van der Waals surface area contributed by atoms with E-state index in [2.05, 4.69) is 25.6 Å². The molecule has 0 spiro atoms. The number of carbonyl (C=O) groups is 2. The van der Waals surface area contributed by atoms with Crippen LogP contribution >= 0.6 is 0 Å². The fourth-order valence-electron chi connectivity index (χ4n) is 6.27. The zero-order chi connectivity index (χ0) is 34.8. The molecule has 15 nitrogen and oxygen atoms in total. The number of imidazole rings is 1. The minimum Gasteiger partial charge on any atom is -0.465 e. The Labute approximate surface area is 286 Å². The molecule has 0 bridgehead atoms. The second-order valence-corrected chi connectivity index (χ2v) is 12.2. The number of hydrogen-bond acceptors (Lipinski definition) is 13. The van der Waals surface area contributed by atoms with Crippen molar-refractivity contribution in [2.75, 3.05) is 26.9 Å². The number of para-hydroxylation sites is 1. The van der Waals surface area contributed by atoms with Crippen molar-refractivity contribution in [3.63, 3.8) is 0 Å². The van der Waals surface area contributed by atoms with Gasteiger partial charge >= 0.3 is 12.1 Å². The van der Waals surface area contributed by atoms with Crippen LogP contribution < -0.4 is 4.74 Å². The van der Waals surface area contributed by atoms with E-state index >= 15 is 0 Å². The topological polar surface area (TPSA) is 171 Å². The van der Waals surface area contributed by atoms with Crippen LogP contribution in [0, 0.1) is 0 Å². The Bertz CT molecular complexity index is 1980. The number of carbonyl (C=O) groups excluding carboxylic acids is 2. The quantitative estimate of drug-likeness (QED) is 0.152. The van der Waals surface area contributed by atoms with Gasteiger partial charge in [-0.05, 0) is 41.0 Å². The van der Waals surface area contributed by atoms with Gasteiger partial charge in [-0.1, -0.05) is 54.6 Å². The molecule has 0 radical (unpaired) electrons. The number of nitrogens with zero attached hydrogens (tertiary/aromatic N) is 5. The van der Waals surface area contributed by atoms with Crippen molar-refractivity contribution in [1.29, 1.82) is 0 Å². The number of fused-ring (bicyclic) bond motifs is 2. The average Bonchev–Trinajstić information content (AvgIpc) is 3.91. The maximum atomic E-state index is 13.7. The van der Waals surface area contributed by atoms with Gasteiger partial charge in [-0.3, -0.25) is 4.57 Å². The molecule has 15 heteroatoms. The lowest BCUT2D eigenvalue weighted by Gasteiger charge is -2.26. The third-order valence-corrected chi connectivity index (χ3v) is 8.52. The van der Waals surface area contributed by atoms with Crippen LogP contribution in [0.1, 0.15) is 36.7 Å². The van der Waals surface area contributed by atoms with Crippen LogP contribution in [0.3, 0.4) is 0 Å². The fraction of sp³-hybridized carbons (Fsp3) is 0.371. The van der Waals surface area contributed by atoms with E-state index in [9.17, 15) is 9.59 Å². The molecular weight excluding hydrogens is 648 g/mol. The van der Waals surface area contributed by atoms with Crippen LogP contribution in [0.4, 0.5) is 4.79 Å². The Hall–Kier alpha value is -5.38. The van der Waals surface area contributed by atoms with Crippen LogP contribution in [0.15, 0.2) is 66.7 Å². The van der Waals surface area contributed by atoms with Gasteiger partial charge in [0, 0.05) is 26.5 Å². The molecule has 2 aromatic heterocycles. The number of benzene rings is 3. The second-order valence-electron chi connectivity index (χ2n) is 12.2. The van der Waals surface area contributed by atoms with Gasteiger partial charge < -0.3 is 33.2 Å². The maximum absolute atomic E-state index is 13.7. The summed E-state index contributed by atoms with van der Waals surface area (Å²) in [5, 5.41) is 14.5. The minimum absolute atomic E-state index is 0.134. The van der Waals surface area contributed by atoms with E-state index in [0.29, 0.717) is 42.6 Å². The lowest BCUT2D eigenvalue weighted by Crippen LogP contribution is -2.38. The van der Waals surface area contributed by atoms with Crippen LogP contribution in [0.5, 0.6) is 6.01 Å². The summed E-state index contributed by atoms with van der Waals surface area (Å²) in [6.45, 7) is 5.94. The Morgan fingerprint density at radius 3 is 2.40 bits per heavy atom. The molecule has 0 amide bonds. The van der Waals surface area contributed by atoms with Crippen molar-refractivity contribution in [2.24, 2.45) is 0 Å². The molecule has 4 heterocycles. The Morgan fingerprint density at radius 1 is 0.940 bits per heavy atom. The molecule has 2 aliphatic heterocycles. The zero-order valence-corrected chi connectivity index (χ0v) is 27.9. The third-order valence-electron chi connectivity index (χ3n) is 8.52. The lowest BCUT2D eigenvalue weighted by atomic mass is 9.98. The van der Waals surface area contributed by atoms with E-state index in [1.807, 2.05) is 60.0 Å². The first-order valence-electron chi connectivity index (χ1n) is 16.2. The summed E-state index contributed by atoms with van der Waals surface area (Å²) in [7, 11) is 1.57. The zero-order valence-electron chi connectivity index (χ0n) is 27.9. The molecule has 50 heavy (non-hydrogen) atoms. The summed E-state index contributed by atoms with van der Waals surface area (Å²) in [5.41, 5.74) is 4.96. The molecule has 1 N–H and O–H groups in total. The maximum Gasteiger partial charge on any atom is 0.512 e. The van der Waals surface area contributed by atoms with E-state index in [4.69, 9.17) is 33.2 Å². The number of aromatic amines is 1. The van der Waals surface area contributed by atoms with Gasteiger partial charge in [-0.15, -0.1) is 10.2 Å². The first-order valence-corrected chi connectivity index (χ1v) is 16.2. The fourth-order valence-corrected chi connectivity index (χ4v) is 6.27. The molecule has 0 saturated carbocycles. The van der Waals surface area contributed by atoms with Crippen molar-refractivity contribution in [1.82, 2.24) is 30.2 Å². The van der Waals surface area contributed by atoms with E-state index in [-0.39, 0.29) is 24.4 Å². The summed E-state index contributed by atoms with van der Waals surface area (Å²) in [4.78, 5) is 31.2. The molecule has 3 aromatic carbocycles. The Kier molecular flexibility index (Phi) is 9.18. The van der Waals surface area contributed by atoms with Crippen molar-refractivity contribution < 1.29 is 42.7 Å². The van der Waals surface area contributed by atoms with Gasteiger partial charge in [0.15, 0.2) is 6.10 Å². The summed E-state index contributed by atoms with van der Waals surface area (Å²) in [6, 6.07) is 21.3. The molecule has 2 aliphatic rings. The Morgan fingerprint density at radius 2 is 1.68 bits per heavy atom.